The van der Waals surface area contributed by atoms with E-state index in [9.17, 15) is 0 Å². The van der Waals surface area contributed by atoms with Gasteiger partial charge in [0.1, 0.15) is 0 Å². The number of nitrogens with zero attached hydrogens (tertiary/aromatic N) is 1. The summed E-state index contributed by atoms with van der Waals surface area (Å²) >= 11 is 4.66. The molecule has 0 aromatic carbocycles. The maximum atomic E-state index is 4.66. The Kier molecular flexibility index (Phi) is 82.8. The fourth-order valence-electron chi connectivity index (χ4n) is 0.163. The van der Waals surface area contributed by atoms with E-state index in [1.807, 2.05) is 0 Å². The molecule has 1 radical (unpaired) electrons. The first-order valence-electron chi connectivity index (χ1n) is 2.15. The molecule has 0 rings (SSSR count). The average Bonchev–Trinajstić information content (AvgIpc) is 1.83. The number of hydrogen-bond acceptors (Lipinski definition) is 2. The summed E-state index contributed by atoms with van der Waals surface area (Å²) in [4.78, 5) is 0. The Bertz CT molecular complexity index is 112. The summed E-state index contributed by atoms with van der Waals surface area (Å²) < 4.78 is 0. The van der Waals surface area contributed by atoms with Gasteiger partial charge in [-0.05, 0) is 12.2 Å². The van der Waals surface area contributed by atoms with Gasteiger partial charge in [-0.15, -0.1) is 0 Å². The first-order chi connectivity index (χ1) is 3.81. The minimum Gasteiger partial charge on any atom is -0.398 e. The van der Waals surface area contributed by atoms with Gasteiger partial charge >= 0.3 is 0 Å². The van der Waals surface area contributed by atoms with Crippen LogP contribution in [0, 0.1) is 22.3 Å². The third-order valence-corrected chi connectivity index (χ3v) is 0.792. The van der Waals surface area contributed by atoms with Crippen LogP contribution >= 0.6 is 12.2 Å². The third kappa shape index (κ3) is 32.0. The molecule has 0 unspecified atom stereocenters. The summed E-state index contributed by atoms with van der Waals surface area (Å²) in [5.41, 5.74) is 2.52. The van der Waals surface area contributed by atoms with Gasteiger partial charge in [-0.25, -0.2) is 0 Å². The Morgan fingerprint density at radius 2 is 1.69 bits per heavy atom. The van der Waals surface area contributed by atoms with Crippen molar-refractivity contribution in [2.24, 2.45) is 5.10 Å². The van der Waals surface area contributed by atoms with Crippen LogP contribution < -0.4 is 10.7 Å². The molecule has 79 valence electrons. The van der Waals surface area contributed by atoms with Crippen LogP contribution in [-0.4, -0.2) is 18.4 Å². The van der Waals surface area contributed by atoms with Gasteiger partial charge in [-0.2, -0.15) is 6.92 Å². The number of hydrazone groups is 1. The van der Waals surface area contributed by atoms with Crippen molar-refractivity contribution in [2.45, 2.75) is 6.92 Å². The summed E-state index contributed by atoms with van der Waals surface area (Å²) in [5, 5.41) is 6.72. The number of hydrogen-bond donors (Lipinski definition) is 2. The first kappa shape index (κ1) is 36.8. The molecule has 0 aromatic heterocycles. The number of nitrogens with one attached hydrogen (secondary N) is 2. The summed E-state index contributed by atoms with van der Waals surface area (Å²) in [6.07, 6.45) is 2.52. The van der Waals surface area contributed by atoms with E-state index in [1.165, 1.54) is 0 Å². The average molecular weight is 448 g/mol. The van der Waals surface area contributed by atoms with Crippen LogP contribution in [0.3, 0.4) is 0 Å². The van der Waals surface area contributed by atoms with Crippen LogP contribution in [-0.2, 0) is 53.8 Å². The van der Waals surface area contributed by atoms with Crippen molar-refractivity contribution >= 4 is 23.5 Å². The Morgan fingerprint density at radius 1 is 1.31 bits per heavy atom. The zero-order valence-corrected chi connectivity index (χ0v) is 15.4. The van der Waals surface area contributed by atoms with Crippen molar-refractivity contribution in [1.29, 1.82) is 0 Å². The number of rotatable bonds is 1. The van der Waals surface area contributed by atoms with Gasteiger partial charge in [0.25, 0.3) is 0 Å². The molecule has 0 aliphatic heterocycles. The van der Waals surface area contributed by atoms with Crippen molar-refractivity contribution in [1.82, 2.24) is 10.7 Å². The van der Waals surface area contributed by atoms with Crippen LogP contribution in [0.5, 0.6) is 0 Å². The fourth-order valence-corrected chi connectivity index (χ4v) is 0.208. The summed E-state index contributed by atoms with van der Waals surface area (Å²) in [7, 11) is 1.72. The minimum absolute atomic E-state index is 0. The predicted molar refractivity (Wildman–Crippen MR) is 57.1 cm³/mol. The molecule has 0 fully saturated rings. The summed E-state index contributed by atoms with van der Waals surface area (Å²) in [5.74, 6) is 0. The second-order valence-electron chi connectivity index (χ2n) is 1.03. The second kappa shape index (κ2) is 29.2. The van der Waals surface area contributed by atoms with Gasteiger partial charge in [0.2, 0.25) is 0 Å². The Balaban J connectivity index is -0.0000000245. The van der Waals surface area contributed by atoms with Gasteiger partial charge in [0, 0.05) is 60.8 Å². The van der Waals surface area contributed by atoms with E-state index in [1.54, 1.807) is 14.0 Å². The molecule has 3 nitrogen and oxygen atoms in total. The Labute approximate surface area is 128 Å². The summed E-state index contributed by atoms with van der Waals surface area (Å²) in [6, 6.07) is 0. The molecule has 2 N–H and O–H groups in total. The predicted octanol–water partition coefficient (Wildman–Crippen LogP) is 1.31. The van der Waals surface area contributed by atoms with Crippen LogP contribution in [0.4, 0.5) is 0 Å². The molecule has 0 bridgehead atoms. The van der Waals surface area contributed by atoms with Crippen LogP contribution in [0.15, 0.2) is 5.10 Å². The van der Waals surface area contributed by atoms with E-state index < -0.39 is 0 Å². The molecular formula is C7H17N3SWY-4. The fraction of sp³-hybridized carbons (Fsp3) is 0.286. The van der Waals surface area contributed by atoms with Gasteiger partial charge in [-0.1, -0.05) is 0 Å². The normalized spacial score (nSPS) is 5.69. The molecule has 0 aliphatic rings. The van der Waals surface area contributed by atoms with E-state index >= 15 is 0 Å². The van der Waals surface area contributed by atoms with Crippen molar-refractivity contribution in [2.75, 3.05) is 7.05 Å². The Morgan fingerprint density at radius 3 is 1.92 bits per heavy atom. The van der Waals surface area contributed by atoms with E-state index in [-0.39, 0.29) is 76.1 Å². The van der Waals surface area contributed by atoms with Crippen molar-refractivity contribution in [3.63, 3.8) is 0 Å². The largest absolute Gasteiger partial charge is 0.398 e. The molecule has 0 amide bonds. The molecule has 0 aliphatic carbocycles. The smallest absolute Gasteiger partial charge is 0.184 e. The molecule has 0 atom stereocenters. The van der Waals surface area contributed by atoms with Crippen molar-refractivity contribution < 1.29 is 53.8 Å². The van der Waals surface area contributed by atoms with E-state index in [0.717, 1.165) is 0 Å². The van der Waals surface area contributed by atoms with Crippen molar-refractivity contribution in [3.8, 4) is 0 Å². The molecule has 0 heterocycles. The van der Waals surface area contributed by atoms with Crippen LogP contribution in [0.2, 0.25) is 0 Å². The van der Waals surface area contributed by atoms with Gasteiger partial charge in [0.15, 0.2) is 5.11 Å². The Hall–Kier alpha value is 1.15. The molecule has 0 saturated heterocycles. The molecule has 0 aromatic rings. The zero-order valence-electron chi connectivity index (χ0n) is 8.84. The zero-order chi connectivity index (χ0) is 6.41. The maximum Gasteiger partial charge on any atom is 0.184 e. The summed E-state index contributed by atoms with van der Waals surface area (Å²) in [6.45, 7) is 1.69. The standard InChI is InChI=1S/C4H8N3S.3CH3.W.Y/c1-3-6-7-4(8)5-2;;;;;/h1-2H3,(H2,5,7,8);3*1H3;;/q4*-1;;. The van der Waals surface area contributed by atoms with Crippen molar-refractivity contribution in [3.05, 3.63) is 22.3 Å². The maximum absolute atomic E-state index is 4.66. The van der Waals surface area contributed by atoms with E-state index in [0.29, 0.717) is 5.11 Å². The SMILES string of the molecule is C[C-]=NNC(=S)NC.[CH3-].[CH3-].[CH3-].[W].[Y]. The minimum atomic E-state index is 0. The van der Waals surface area contributed by atoms with E-state index in [2.05, 4.69) is 34.3 Å². The second-order valence-corrected chi connectivity index (χ2v) is 1.43. The van der Waals surface area contributed by atoms with Gasteiger partial charge in [-0.3, -0.25) is 5.43 Å². The molecular weight excluding hydrogens is 431 g/mol. The molecule has 0 saturated carbocycles. The van der Waals surface area contributed by atoms with Gasteiger partial charge < -0.3 is 38.9 Å². The third-order valence-electron chi connectivity index (χ3n) is 0.496. The molecule has 6 heteroatoms. The van der Waals surface area contributed by atoms with E-state index in [4.69, 9.17) is 0 Å². The van der Waals surface area contributed by atoms with Crippen LogP contribution in [0.1, 0.15) is 6.92 Å². The monoisotopic (exact) mass is 448 g/mol. The van der Waals surface area contributed by atoms with Gasteiger partial charge in [0.05, 0.1) is 0 Å². The topological polar surface area (TPSA) is 36.4 Å². The first-order valence-corrected chi connectivity index (χ1v) is 2.56. The number of thiocarbonyl (C=S) groups is 1. The molecule has 13 heavy (non-hydrogen) atoms. The molecule has 0 spiro atoms. The quantitative estimate of drug-likeness (QED) is 0.275. The van der Waals surface area contributed by atoms with Crippen LogP contribution in [0.25, 0.3) is 0 Å².